The first kappa shape index (κ1) is 11.0. The predicted molar refractivity (Wildman–Crippen MR) is 72.0 cm³/mol. The van der Waals surface area contributed by atoms with E-state index in [1.54, 1.807) is 17.8 Å². The first-order chi connectivity index (χ1) is 8.75. The Hall–Kier alpha value is -2.07. The molecule has 0 radical (unpaired) electrons. The summed E-state index contributed by atoms with van der Waals surface area (Å²) in [7, 11) is 0. The largest absolute Gasteiger partial charge is 0.287 e. The molecule has 0 aliphatic carbocycles. The Morgan fingerprint density at radius 3 is 2.94 bits per heavy atom. The summed E-state index contributed by atoms with van der Waals surface area (Å²) in [6.07, 6.45) is 3.46. The van der Waals surface area contributed by atoms with Crippen molar-refractivity contribution in [3.63, 3.8) is 0 Å². The predicted octanol–water partition coefficient (Wildman–Crippen LogP) is 3.23. The van der Waals surface area contributed by atoms with Crippen LogP contribution in [0.4, 0.5) is 0 Å². The molecule has 0 aliphatic rings. The van der Waals surface area contributed by atoms with Crippen molar-refractivity contribution in [2.45, 2.75) is 6.92 Å². The summed E-state index contributed by atoms with van der Waals surface area (Å²) in [6, 6.07) is 7.52. The number of carbonyl (C=O) groups excluding carboxylic acids is 1. The highest BCUT2D eigenvalue weighted by Gasteiger charge is 2.14. The van der Waals surface area contributed by atoms with Crippen LogP contribution in [0.25, 0.3) is 10.8 Å². The number of benzene rings is 1. The second-order valence-corrected chi connectivity index (χ2v) is 5.05. The number of aryl methyl sites for hydroxylation is 1. The van der Waals surface area contributed by atoms with Crippen molar-refractivity contribution in [2.75, 3.05) is 0 Å². The van der Waals surface area contributed by atoms with Crippen molar-refractivity contribution in [3.05, 3.63) is 58.3 Å². The summed E-state index contributed by atoms with van der Waals surface area (Å²) in [5.74, 6) is -0.0313. The van der Waals surface area contributed by atoms with E-state index < -0.39 is 0 Å². The number of fused-ring (bicyclic) bond motifs is 1. The summed E-state index contributed by atoms with van der Waals surface area (Å²) >= 11 is 1.49. The molecule has 1 aromatic carbocycles. The maximum Gasteiger partial charge on any atom is 0.212 e. The van der Waals surface area contributed by atoms with Crippen LogP contribution < -0.4 is 0 Å². The Morgan fingerprint density at radius 1 is 1.28 bits per heavy atom. The van der Waals surface area contributed by atoms with Crippen molar-refractivity contribution in [1.82, 2.24) is 9.97 Å². The van der Waals surface area contributed by atoms with E-state index in [1.807, 2.05) is 31.2 Å². The van der Waals surface area contributed by atoms with Gasteiger partial charge in [-0.3, -0.25) is 9.78 Å². The maximum absolute atomic E-state index is 12.4. The van der Waals surface area contributed by atoms with Gasteiger partial charge in [0.15, 0.2) is 0 Å². The minimum Gasteiger partial charge on any atom is -0.287 e. The third kappa shape index (κ3) is 1.80. The van der Waals surface area contributed by atoms with Crippen LogP contribution in [0.3, 0.4) is 0 Å². The van der Waals surface area contributed by atoms with Crippen LogP contribution in [0.15, 0.2) is 42.0 Å². The number of nitrogens with zero attached hydrogens (tertiary/aromatic N) is 2. The number of rotatable bonds is 2. The van der Waals surface area contributed by atoms with Gasteiger partial charge in [0.1, 0.15) is 5.69 Å². The first-order valence-electron chi connectivity index (χ1n) is 5.55. The molecule has 0 fully saturated rings. The van der Waals surface area contributed by atoms with Crippen molar-refractivity contribution < 1.29 is 4.79 Å². The number of ketones is 1. The average Bonchev–Trinajstić information content (AvgIpc) is 2.84. The average molecular weight is 254 g/mol. The van der Waals surface area contributed by atoms with Crippen molar-refractivity contribution in [2.24, 2.45) is 0 Å². The molecule has 18 heavy (non-hydrogen) atoms. The molecule has 0 unspecified atom stereocenters. The number of thiazole rings is 1. The molecular weight excluding hydrogens is 244 g/mol. The Balaban J connectivity index is 2.17. The molecule has 0 atom stereocenters. The third-order valence-electron chi connectivity index (χ3n) is 2.78. The van der Waals surface area contributed by atoms with Gasteiger partial charge in [-0.2, -0.15) is 0 Å². The first-order valence-corrected chi connectivity index (χ1v) is 6.43. The number of pyridine rings is 1. The van der Waals surface area contributed by atoms with Gasteiger partial charge in [-0.25, -0.2) is 4.98 Å². The molecule has 0 aliphatic heterocycles. The van der Waals surface area contributed by atoms with Gasteiger partial charge >= 0.3 is 0 Å². The molecule has 88 valence electrons. The molecule has 3 aromatic rings. The van der Waals surface area contributed by atoms with Crippen LogP contribution in [0.5, 0.6) is 0 Å². The van der Waals surface area contributed by atoms with E-state index in [1.165, 1.54) is 11.3 Å². The van der Waals surface area contributed by atoms with Crippen LogP contribution in [-0.2, 0) is 0 Å². The lowest BCUT2D eigenvalue weighted by Crippen LogP contribution is -2.02. The van der Waals surface area contributed by atoms with E-state index in [0.29, 0.717) is 11.3 Å². The topological polar surface area (TPSA) is 42.9 Å². The summed E-state index contributed by atoms with van der Waals surface area (Å²) in [5, 5.41) is 4.59. The number of hydrogen-bond donors (Lipinski definition) is 0. The fourth-order valence-electron chi connectivity index (χ4n) is 1.93. The molecule has 0 N–H and O–H groups in total. The fraction of sp³-hybridized carbons (Fsp3) is 0.0714. The van der Waals surface area contributed by atoms with E-state index in [-0.39, 0.29) is 5.78 Å². The molecule has 0 saturated heterocycles. The quantitative estimate of drug-likeness (QED) is 0.659. The standard InChI is InChI=1S/C14H10N2OS/c1-9-16-13(8-18-9)14(17)12-4-2-3-10-7-15-6-5-11(10)12/h2-8H,1H3. The zero-order valence-electron chi connectivity index (χ0n) is 9.75. The molecule has 3 rings (SSSR count). The summed E-state index contributed by atoms with van der Waals surface area (Å²) in [5.41, 5.74) is 1.20. The second kappa shape index (κ2) is 4.31. The van der Waals surface area contributed by atoms with Crippen molar-refractivity contribution in [1.29, 1.82) is 0 Å². The number of carbonyl (C=O) groups is 1. The molecule has 2 aromatic heterocycles. The smallest absolute Gasteiger partial charge is 0.212 e. The van der Waals surface area contributed by atoms with Crippen LogP contribution in [0, 0.1) is 6.92 Å². The normalized spacial score (nSPS) is 10.7. The SMILES string of the molecule is Cc1nc(C(=O)c2cccc3cnccc23)cs1. The van der Waals surface area contributed by atoms with Crippen molar-refractivity contribution in [3.8, 4) is 0 Å². The lowest BCUT2D eigenvalue weighted by Gasteiger charge is -2.03. The van der Waals surface area contributed by atoms with Gasteiger partial charge in [0.2, 0.25) is 5.78 Å². The zero-order chi connectivity index (χ0) is 12.5. The Morgan fingerprint density at radius 2 is 2.17 bits per heavy atom. The van der Waals surface area contributed by atoms with Crippen molar-refractivity contribution >= 4 is 27.9 Å². The maximum atomic E-state index is 12.4. The van der Waals surface area contributed by atoms with Gasteiger partial charge < -0.3 is 0 Å². The second-order valence-electron chi connectivity index (χ2n) is 3.98. The highest BCUT2D eigenvalue weighted by Crippen LogP contribution is 2.21. The van der Waals surface area contributed by atoms with E-state index >= 15 is 0 Å². The Labute approximate surface area is 108 Å². The van der Waals surface area contributed by atoms with Crippen LogP contribution >= 0.6 is 11.3 Å². The molecular formula is C14H10N2OS. The minimum absolute atomic E-state index is 0.0313. The third-order valence-corrected chi connectivity index (χ3v) is 3.55. The van der Waals surface area contributed by atoms with Gasteiger partial charge in [-0.05, 0) is 18.4 Å². The highest BCUT2D eigenvalue weighted by atomic mass is 32.1. The minimum atomic E-state index is -0.0313. The van der Waals surface area contributed by atoms with Crippen LogP contribution in [0.1, 0.15) is 21.1 Å². The zero-order valence-corrected chi connectivity index (χ0v) is 10.6. The van der Waals surface area contributed by atoms with E-state index in [4.69, 9.17) is 0 Å². The van der Waals surface area contributed by atoms with E-state index in [0.717, 1.165) is 15.8 Å². The summed E-state index contributed by atoms with van der Waals surface area (Å²) in [6.45, 7) is 1.90. The molecule has 0 saturated carbocycles. The molecule has 0 bridgehead atoms. The molecule has 4 heteroatoms. The number of hydrogen-bond acceptors (Lipinski definition) is 4. The molecule has 0 amide bonds. The lowest BCUT2D eigenvalue weighted by atomic mass is 10.0. The Kier molecular flexibility index (Phi) is 2.64. The van der Waals surface area contributed by atoms with Gasteiger partial charge in [0.05, 0.1) is 5.01 Å². The molecule has 0 spiro atoms. The Bertz CT molecular complexity index is 728. The molecule has 2 heterocycles. The fourth-order valence-corrected chi connectivity index (χ4v) is 2.52. The lowest BCUT2D eigenvalue weighted by molar-refractivity contribution is 0.103. The number of aromatic nitrogens is 2. The highest BCUT2D eigenvalue weighted by molar-refractivity contribution is 7.09. The van der Waals surface area contributed by atoms with E-state index in [9.17, 15) is 4.79 Å². The monoisotopic (exact) mass is 254 g/mol. The summed E-state index contributed by atoms with van der Waals surface area (Å²) < 4.78 is 0. The van der Waals surface area contributed by atoms with Gasteiger partial charge in [-0.1, -0.05) is 18.2 Å². The van der Waals surface area contributed by atoms with Crippen LogP contribution in [0.2, 0.25) is 0 Å². The van der Waals surface area contributed by atoms with Crippen LogP contribution in [-0.4, -0.2) is 15.8 Å². The van der Waals surface area contributed by atoms with Gasteiger partial charge in [0.25, 0.3) is 0 Å². The van der Waals surface area contributed by atoms with Gasteiger partial charge in [-0.15, -0.1) is 11.3 Å². The van der Waals surface area contributed by atoms with E-state index in [2.05, 4.69) is 9.97 Å². The molecule has 3 nitrogen and oxygen atoms in total. The summed E-state index contributed by atoms with van der Waals surface area (Å²) in [4.78, 5) is 20.7. The van der Waals surface area contributed by atoms with Gasteiger partial charge in [0, 0.05) is 28.7 Å².